The normalized spacial score (nSPS) is 14.4. The molecule has 0 radical (unpaired) electrons. The molecule has 1 fully saturated rings. The summed E-state index contributed by atoms with van der Waals surface area (Å²) >= 11 is 0. The van der Waals surface area contributed by atoms with Crippen LogP contribution in [0.5, 0.6) is 11.5 Å². The lowest BCUT2D eigenvalue weighted by Gasteiger charge is -2.21. The van der Waals surface area contributed by atoms with E-state index in [9.17, 15) is 14.0 Å². The van der Waals surface area contributed by atoms with E-state index in [1.54, 1.807) is 53.1 Å². The number of carbonyl (C=O) groups is 2. The van der Waals surface area contributed by atoms with Crippen molar-refractivity contribution in [1.82, 2.24) is 9.80 Å². The van der Waals surface area contributed by atoms with Crippen LogP contribution in [0.25, 0.3) is 0 Å². The lowest BCUT2D eigenvalue weighted by molar-refractivity contribution is -0.128. The van der Waals surface area contributed by atoms with E-state index in [4.69, 9.17) is 4.74 Å². The molecule has 0 saturated carbocycles. The van der Waals surface area contributed by atoms with E-state index in [-0.39, 0.29) is 17.8 Å². The van der Waals surface area contributed by atoms with Crippen LogP contribution in [0.3, 0.4) is 0 Å². The van der Waals surface area contributed by atoms with E-state index in [1.165, 1.54) is 12.1 Å². The highest BCUT2D eigenvalue weighted by Gasteiger charge is 2.20. The van der Waals surface area contributed by atoms with Crippen molar-refractivity contribution in [2.75, 3.05) is 31.5 Å². The molecule has 0 unspecified atom stereocenters. The van der Waals surface area contributed by atoms with Crippen LogP contribution in [-0.2, 0) is 4.79 Å². The van der Waals surface area contributed by atoms with E-state index >= 15 is 0 Å². The summed E-state index contributed by atoms with van der Waals surface area (Å²) in [6.07, 6.45) is 0.757. The fourth-order valence-corrected chi connectivity index (χ4v) is 2.91. The van der Waals surface area contributed by atoms with Crippen molar-refractivity contribution >= 4 is 17.6 Å². The Morgan fingerprint density at radius 1 is 0.963 bits per heavy atom. The van der Waals surface area contributed by atoms with Gasteiger partial charge in [0.05, 0.1) is 0 Å². The van der Waals surface area contributed by atoms with Crippen molar-refractivity contribution < 1.29 is 18.7 Å². The van der Waals surface area contributed by atoms with Gasteiger partial charge in [-0.1, -0.05) is 6.07 Å². The number of ether oxygens (including phenoxy) is 1. The number of benzene rings is 2. The molecule has 7 heteroatoms. The average Bonchev–Trinajstić information content (AvgIpc) is 2.90. The molecule has 1 aliphatic heterocycles. The number of carbonyl (C=O) groups excluding carboxylic acids is 2. The Morgan fingerprint density at radius 2 is 1.67 bits per heavy atom. The van der Waals surface area contributed by atoms with Crippen molar-refractivity contribution in [1.29, 1.82) is 0 Å². The number of rotatable bonds is 3. The molecule has 142 valence electrons. The van der Waals surface area contributed by atoms with E-state index < -0.39 is 0 Å². The zero-order chi connectivity index (χ0) is 19.2. The fraction of sp³-hybridized carbons (Fsp3) is 0.300. The van der Waals surface area contributed by atoms with Crippen LogP contribution in [0.1, 0.15) is 13.3 Å². The Kier molecular flexibility index (Phi) is 5.90. The monoisotopic (exact) mass is 371 g/mol. The van der Waals surface area contributed by atoms with Crippen LogP contribution in [0, 0.1) is 5.82 Å². The molecule has 27 heavy (non-hydrogen) atoms. The third-order valence-electron chi connectivity index (χ3n) is 4.37. The predicted molar refractivity (Wildman–Crippen MR) is 100 cm³/mol. The first-order valence-electron chi connectivity index (χ1n) is 8.86. The maximum atomic E-state index is 13.2. The molecule has 3 rings (SSSR count). The third-order valence-corrected chi connectivity index (χ3v) is 4.37. The summed E-state index contributed by atoms with van der Waals surface area (Å²) in [6.45, 7) is 3.88. The van der Waals surface area contributed by atoms with Gasteiger partial charge in [0, 0.05) is 44.9 Å². The van der Waals surface area contributed by atoms with Gasteiger partial charge < -0.3 is 19.9 Å². The molecule has 6 nitrogen and oxygen atoms in total. The Balaban J connectivity index is 1.56. The molecule has 2 aromatic rings. The van der Waals surface area contributed by atoms with E-state index in [2.05, 4.69) is 5.32 Å². The van der Waals surface area contributed by atoms with Crippen molar-refractivity contribution in [2.45, 2.75) is 13.3 Å². The molecule has 1 aliphatic rings. The molecule has 3 amide bonds. The van der Waals surface area contributed by atoms with Crippen LogP contribution in [0.15, 0.2) is 48.5 Å². The largest absolute Gasteiger partial charge is 0.457 e. The van der Waals surface area contributed by atoms with Gasteiger partial charge in [0.15, 0.2) is 0 Å². The zero-order valence-corrected chi connectivity index (χ0v) is 15.2. The first kappa shape index (κ1) is 18.7. The van der Waals surface area contributed by atoms with Crippen LogP contribution in [-0.4, -0.2) is 47.9 Å². The van der Waals surface area contributed by atoms with Crippen LogP contribution in [0.4, 0.5) is 14.9 Å². The molecule has 0 aliphatic carbocycles. The SMILES string of the molecule is CC(=O)N1CCCN(C(=O)Nc2ccc(Oc3cccc(F)c3)cc2)CC1. The first-order valence-corrected chi connectivity index (χ1v) is 8.86. The second-order valence-electron chi connectivity index (χ2n) is 6.36. The van der Waals surface area contributed by atoms with Crippen LogP contribution in [0.2, 0.25) is 0 Å². The van der Waals surface area contributed by atoms with Gasteiger partial charge in [0.1, 0.15) is 17.3 Å². The molecule has 0 atom stereocenters. The van der Waals surface area contributed by atoms with E-state index in [1.807, 2.05) is 0 Å². The predicted octanol–water partition coefficient (Wildman–Crippen LogP) is 3.70. The topological polar surface area (TPSA) is 61.9 Å². The summed E-state index contributed by atoms with van der Waals surface area (Å²) in [5.74, 6) is 0.625. The molecular formula is C20H22FN3O3. The molecule has 0 bridgehead atoms. The number of amides is 3. The number of nitrogens with zero attached hydrogens (tertiary/aromatic N) is 2. The van der Waals surface area contributed by atoms with E-state index in [0.29, 0.717) is 43.4 Å². The minimum absolute atomic E-state index is 0.0335. The van der Waals surface area contributed by atoms with Gasteiger partial charge in [-0.2, -0.15) is 0 Å². The van der Waals surface area contributed by atoms with Gasteiger partial charge in [-0.3, -0.25) is 4.79 Å². The number of halogens is 1. The van der Waals surface area contributed by atoms with Crippen LogP contribution < -0.4 is 10.1 Å². The molecule has 1 N–H and O–H groups in total. The molecule has 1 heterocycles. The number of nitrogens with one attached hydrogen (secondary N) is 1. The minimum Gasteiger partial charge on any atom is -0.457 e. The second kappa shape index (κ2) is 8.53. The molecule has 0 aromatic heterocycles. The Hall–Kier alpha value is -3.09. The summed E-state index contributed by atoms with van der Waals surface area (Å²) in [5.41, 5.74) is 0.638. The molecular weight excluding hydrogens is 349 g/mol. The standard InChI is InChI=1S/C20H22FN3O3/c1-15(25)23-10-3-11-24(13-12-23)20(26)22-17-6-8-18(9-7-17)27-19-5-2-4-16(21)14-19/h2,4-9,14H,3,10-13H2,1H3,(H,22,26). The number of urea groups is 1. The fourth-order valence-electron chi connectivity index (χ4n) is 2.91. The highest BCUT2D eigenvalue weighted by molar-refractivity contribution is 5.89. The summed E-state index contributed by atoms with van der Waals surface area (Å²) in [5, 5.41) is 2.85. The van der Waals surface area contributed by atoms with E-state index in [0.717, 1.165) is 6.42 Å². The number of hydrogen-bond acceptors (Lipinski definition) is 3. The maximum absolute atomic E-state index is 13.2. The lowest BCUT2D eigenvalue weighted by Crippen LogP contribution is -2.38. The van der Waals surface area contributed by atoms with Crippen molar-refractivity contribution in [3.8, 4) is 11.5 Å². The second-order valence-corrected chi connectivity index (χ2v) is 6.36. The Labute approximate surface area is 157 Å². The summed E-state index contributed by atoms with van der Waals surface area (Å²) in [6, 6.07) is 12.6. The quantitative estimate of drug-likeness (QED) is 0.895. The molecule has 2 aromatic carbocycles. The number of anilines is 1. The average molecular weight is 371 g/mol. The van der Waals surface area contributed by atoms with Crippen molar-refractivity contribution in [2.24, 2.45) is 0 Å². The molecule has 1 saturated heterocycles. The molecule has 0 spiro atoms. The minimum atomic E-state index is -0.364. The van der Waals surface area contributed by atoms with Crippen molar-refractivity contribution in [3.05, 3.63) is 54.3 Å². The van der Waals surface area contributed by atoms with Gasteiger partial charge in [0.25, 0.3) is 0 Å². The Morgan fingerprint density at radius 3 is 2.37 bits per heavy atom. The zero-order valence-electron chi connectivity index (χ0n) is 15.2. The smallest absolute Gasteiger partial charge is 0.321 e. The summed E-state index contributed by atoms with van der Waals surface area (Å²) in [4.78, 5) is 27.4. The number of hydrogen-bond donors (Lipinski definition) is 1. The highest BCUT2D eigenvalue weighted by atomic mass is 19.1. The van der Waals surface area contributed by atoms with Gasteiger partial charge in [-0.25, -0.2) is 9.18 Å². The van der Waals surface area contributed by atoms with Crippen molar-refractivity contribution in [3.63, 3.8) is 0 Å². The van der Waals surface area contributed by atoms with Gasteiger partial charge in [-0.15, -0.1) is 0 Å². The Bertz CT molecular complexity index is 810. The summed E-state index contributed by atoms with van der Waals surface area (Å²) in [7, 11) is 0. The highest BCUT2D eigenvalue weighted by Crippen LogP contribution is 2.23. The first-order chi connectivity index (χ1) is 13.0. The van der Waals surface area contributed by atoms with Gasteiger partial charge in [0.2, 0.25) is 5.91 Å². The van der Waals surface area contributed by atoms with Gasteiger partial charge in [-0.05, 0) is 42.8 Å². The summed E-state index contributed by atoms with van der Waals surface area (Å²) < 4.78 is 18.8. The maximum Gasteiger partial charge on any atom is 0.321 e. The van der Waals surface area contributed by atoms with Crippen LogP contribution >= 0.6 is 0 Å². The third kappa shape index (κ3) is 5.20. The van der Waals surface area contributed by atoms with Gasteiger partial charge >= 0.3 is 6.03 Å². The lowest BCUT2D eigenvalue weighted by atomic mass is 10.3.